The van der Waals surface area contributed by atoms with Crippen LogP contribution in [-0.2, 0) is 9.59 Å². The molecule has 0 aliphatic carbocycles. The molecule has 0 bridgehead atoms. The second-order valence-corrected chi connectivity index (χ2v) is 7.78. The molecule has 0 aromatic heterocycles. The largest absolute Gasteiger partial charge is 0.507 e. The minimum Gasteiger partial charge on any atom is -0.507 e. The van der Waals surface area contributed by atoms with Crippen LogP contribution < -0.4 is 19.1 Å². The minimum atomic E-state index is -1.06. The van der Waals surface area contributed by atoms with Crippen molar-refractivity contribution >= 4 is 28.8 Å². The molecule has 0 saturated carbocycles. The van der Waals surface area contributed by atoms with Gasteiger partial charge in [0.1, 0.15) is 23.0 Å². The molecule has 1 aliphatic rings. The number of ether oxygens (including phenoxy) is 3. The van der Waals surface area contributed by atoms with Crippen LogP contribution in [0, 0.1) is 10.1 Å². The fraction of sp³-hybridized carbons (Fsp3) is 0.154. The molecule has 10 heteroatoms. The van der Waals surface area contributed by atoms with Crippen molar-refractivity contribution < 1.29 is 33.8 Å². The van der Waals surface area contributed by atoms with Gasteiger partial charge in [0.25, 0.3) is 17.4 Å². The topological polar surface area (TPSA) is 128 Å². The number of methoxy groups -OCH3 is 3. The van der Waals surface area contributed by atoms with Crippen LogP contribution in [0.1, 0.15) is 17.2 Å². The summed E-state index contributed by atoms with van der Waals surface area (Å²) < 4.78 is 16.0. The number of aliphatic hydroxyl groups is 1. The Balaban J connectivity index is 1.95. The van der Waals surface area contributed by atoms with Crippen LogP contribution in [0.3, 0.4) is 0 Å². The molecule has 1 heterocycles. The molecule has 184 valence electrons. The molecule has 0 radical (unpaired) electrons. The molecule has 1 saturated heterocycles. The third-order valence-electron chi connectivity index (χ3n) is 5.88. The predicted molar refractivity (Wildman–Crippen MR) is 130 cm³/mol. The van der Waals surface area contributed by atoms with Crippen LogP contribution in [-0.4, -0.2) is 43.0 Å². The summed E-state index contributed by atoms with van der Waals surface area (Å²) in [6.07, 6.45) is 0. The van der Waals surface area contributed by atoms with E-state index >= 15 is 0 Å². The third kappa shape index (κ3) is 4.20. The van der Waals surface area contributed by atoms with Gasteiger partial charge in [0.2, 0.25) is 0 Å². The summed E-state index contributed by atoms with van der Waals surface area (Å²) in [5.74, 6) is -0.861. The van der Waals surface area contributed by atoms with Gasteiger partial charge in [-0.2, -0.15) is 0 Å². The zero-order valence-corrected chi connectivity index (χ0v) is 19.6. The second-order valence-electron chi connectivity index (χ2n) is 7.78. The molecule has 3 aromatic rings. The third-order valence-corrected chi connectivity index (χ3v) is 5.88. The smallest absolute Gasteiger partial charge is 0.300 e. The summed E-state index contributed by atoms with van der Waals surface area (Å²) in [6.45, 7) is 0. The van der Waals surface area contributed by atoms with Gasteiger partial charge in [0.05, 0.1) is 37.9 Å². The van der Waals surface area contributed by atoms with Crippen molar-refractivity contribution in [3.05, 3.63) is 93.5 Å². The highest BCUT2D eigenvalue weighted by Gasteiger charge is 2.48. The molecule has 1 aliphatic heterocycles. The highest BCUT2D eigenvalue weighted by molar-refractivity contribution is 6.51. The number of rotatable bonds is 7. The van der Waals surface area contributed by atoms with Gasteiger partial charge in [0.15, 0.2) is 0 Å². The first kappa shape index (κ1) is 24.3. The Morgan fingerprint density at radius 1 is 0.889 bits per heavy atom. The van der Waals surface area contributed by atoms with E-state index in [9.17, 15) is 24.8 Å². The van der Waals surface area contributed by atoms with Gasteiger partial charge in [-0.05, 0) is 48.5 Å². The average Bonchev–Trinajstić information content (AvgIpc) is 3.17. The van der Waals surface area contributed by atoms with Gasteiger partial charge >= 0.3 is 0 Å². The van der Waals surface area contributed by atoms with Gasteiger partial charge in [-0.15, -0.1) is 0 Å². The van der Waals surface area contributed by atoms with E-state index in [-0.39, 0.29) is 16.8 Å². The highest BCUT2D eigenvalue weighted by atomic mass is 16.6. The van der Waals surface area contributed by atoms with Crippen molar-refractivity contribution in [1.82, 2.24) is 0 Å². The number of nitro groups is 1. The number of aliphatic hydroxyl groups excluding tert-OH is 1. The Labute approximate surface area is 206 Å². The normalized spacial score (nSPS) is 16.6. The summed E-state index contributed by atoms with van der Waals surface area (Å²) in [4.78, 5) is 38.3. The van der Waals surface area contributed by atoms with Crippen molar-refractivity contribution in [2.75, 3.05) is 26.2 Å². The van der Waals surface area contributed by atoms with Crippen LogP contribution in [0.2, 0.25) is 0 Å². The Bertz CT molecular complexity index is 1360. The summed E-state index contributed by atoms with van der Waals surface area (Å²) in [7, 11) is 4.44. The monoisotopic (exact) mass is 490 g/mol. The number of nitrogens with zero attached hydrogens (tertiary/aromatic N) is 2. The van der Waals surface area contributed by atoms with E-state index in [1.165, 1.54) is 50.5 Å². The number of hydrogen-bond donors (Lipinski definition) is 1. The number of carbonyl (C=O) groups excluding carboxylic acids is 2. The maximum Gasteiger partial charge on any atom is 0.300 e. The van der Waals surface area contributed by atoms with Crippen molar-refractivity contribution in [2.24, 2.45) is 0 Å². The first-order valence-electron chi connectivity index (χ1n) is 10.7. The average molecular weight is 490 g/mol. The zero-order valence-electron chi connectivity index (χ0n) is 19.6. The Hall–Kier alpha value is -4.86. The number of hydrogen-bond acceptors (Lipinski definition) is 8. The van der Waals surface area contributed by atoms with Gasteiger partial charge in [-0.1, -0.05) is 0 Å². The van der Waals surface area contributed by atoms with E-state index in [2.05, 4.69) is 0 Å². The molecule has 3 aromatic carbocycles. The van der Waals surface area contributed by atoms with Crippen LogP contribution in [0.25, 0.3) is 5.76 Å². The van der Waals surface area contributed by atoms with E-state index in [0.717, 1.165) is 0 Å². The predicted octanol–water partition coefficient (Wildman–Crippen LogP) is 4.25. The number of anilines is 1. The fourth-order valence-electron chi connectivity index (χ4n) is 4.08. The van der Waals surface area contributed by atoms with E-state index in [1.54, 1.807) is 42.5 Å². The van der Waals surface area contributed by atoms with Crippen LogP contribution >= 0.6 is 0 Å². The molecule has 0 unspecified atom stereocenters. The van der Waals surface area contributed by atoms with E-state index in [0.29, 0.717) is 28.5 Å². The Kier molecular flexibility index (Phi) is 6.60. The van der Waals surface area contributed by atoms with Gasteiger partial charge in [0, 0.05) is 35.0 Å². The lowest BCUT2D eigenvalue weighted by Gasteiger charge is -2.27. The van der Waals surface area contributed by atoms with Gasteiger partial charge in [-0.25, -0.2) is 0 Å². The SMILES string of the molecule is COc1ccc(N2C(=O)C(=O)/C(=C(/O)c3ccc([N+](=O)[O-])cc3)[C@H]2c2ccc(OC)cc2OC)cc1. The standard InChI is InChI=1S/C26H22N2O8/c1-34-18-10-8-16(9-11-18)27-23(20-13-12-19(35-2)14-21(20)36-3)22(25(30)26(27)31)24(29)15-4-6-17(7-5-15)28(32)33/h4-14,23,29H,1-3H3/b24-22+/t23-/m1/s1. The summed E-state index contributed by atoms with van der Waals surface area (Å²) in [6, 6.07) is 15.4. The van der Waals surface area contributed by atoms with E-state index in [4.69, 9.17) is 14.2 Å². The lowest BCUT2D eigenvalue weighted by Crippen LogP contribution is -2.29. The first-order valence-corrected chi connectivity index (χ1v) is 10.7. The highest BCUT2D eigenvalue weighted by Crippen LogP contribution is 2.46. The number of nitro benzene ring substituents is 1. The molecular weight excluding hydrogens is 468 g/mol. The summed E-state index contributed by atoms with van der Waals surface area (Å²) in [5, 5.41) is 22.2. The van der Waals surface area contributed by atoms with E-state index in [1.807, 2.05) is 0 Å². The molecule has 1 atom stereocenters. The maximum absolute atomic E-state index is 13.3. The summed E-state index contributed by atoms with van der Waals surface area (Å²) >= 11 is 0. The number of Topliss-reactive ketones (excluding diaryl/α,β-unsaturated/α-hetero) is 1. The van der Waals surface area contributed by atoms with Crippen LogP contribution in [0.5, 0.6) is 17.2 Å². The molecule has 0 spiro atoms. The molecule has 1 amide bonds. The van der Waals surface area contributed by atoms with Crippen LogP contribution in [0.4, 0.5) is 11.4 Å². The molecule has 1 N–H and O–H groups in total. The molecule has 1 fully saturated rings. The second kappa shape index (κ2) is 9.79. The number of carbonyl (C=O) groups is 2. The lowest BCUT2D eigenvalue weighted by atomic mass is 9.94. The van der Waals surface area contributed by atoms with Crippen molar-refractivity contribution in [1.29, 1.82) is 0 Å². The number of ketones is 1. The molecular formula is C26H22N2O8. The lowest BCUT2D eigenvalue weighted by molar-refractivity contribution is -0.384. The van der Waals surface area contributed by atoms with Crippen molar-refractivity contribution in [3.63, 3.8) is 0 Å². The number of non-ortho nitro benzene ring substituents is 1. The zero-order chi connectivity index (χ0) is 26.0. The quantitative estimate of drug-likeness (QED) is 0.171. The maximum atomic E-state index is 13.3. The van der Waals surface area contributed by atoms with E-state index < -0.39 is 28.4 Å². The molecule has 36 heavy (non-hydrogen) atoms. The fourth-order valence-corrected chi connectivity index (χ4v) is 4.08. The summed E-state index contributed by atoms with van der Waals surface area (Å²) in [5.41, 5.74) is 0.595. The minimum absolute atomic E-state index is 0.144. The number of benzene rings is 3. The van der Waals surface area contributed by atoms with Crippen molar-refractivity contribution in [3.8, 4) is 17.2 Å². The van der Waals surface area contributed by atoms with Gasteiger partial charge < -0.3 is 19.3 Å². The first-order chi connectivity index (χ1) is 17.3. The van der Waals surface area contributed by atoms with Crippen molar-refractivity contribution in [2.45, 2.75) is 6.04 Å². The Morgan fingerprint density at radius 3 is 2.06 bits per heavy atom. The van der Waals surface area contributed by atoms with Crippen LogP contribution in [0.15, 0.2) is 72.3 Å². The molecule has 4 rings (SSSR count). The molecule has 10 nitrogen and oxygen atoms in total. The number of amides is 1. The Morgan fingerprint density at radius 2 is 1.50 bits per heavy atom. The van der Waals surface area contributed by atoms with Gasteiger partial charge in [-0.3, -0.25) is 24.6 Å².